The molecule has 0 amide bonds. The van der Waals surface area contributed by atoms with E-state index in [-0.39, 0.29) is 5.02 Å². The fourth-order valence-electron chi connectivity index (χ4n) is 2.84. The minimum atomic E-state index is -0.482. The zero-order valence-electron chi connectivity index (χ0n) is 15.5. The Balaban J connectivity index is 1.72. The number of H-pyrrole nitrogens is 1. The molecule has 2 aromatic carbocycles. The van der Waals surface area contributed by atoms with E-state index in [2.05, 4.69) is 26.8 Å². The Kier molecular flexibility index (Phi) is 5.22. The number of hydrogen-bond acceptors (Lipinski definition) is 5. The number of halogens is 1. The third-order valence-corrected chi connectivity index (χ3v) is 4.61. The molecule has 8 heteroatoms. The number of nitrogens with one attached hydrogen (secondary N) is 2. The summed E-state index contributed by atoms with van der Waals surface area (Å²) in [5.74, 6) is 0. The van der Waals surface area contributed by atoms with Crippen LogP contribution in [0.25, 0.3) is 16.9 Å². The first kappa shape index (κ1) is 18.6. The molecule has 0 unspecified atom stereocenters. The van der Waals surface area contributed by atoms with Gasteiger partial charge in [0, 0.05) is 17.3 Å². The Morgan fingerprint density at radius 3 is 2.79 bits per heavy atom. The van der Waals surface area contributed by atoms with Gasteiger partial charge in [0.15, 0.2) is 0 Å². The summed E-state index contributed by atoms with van der Waals surface area (Å²) < 4.78 is 1.81. The Labute approximate surface area is 171 Å². The molecule has 2 heterocycles. The first-order valence-electron chi connectivity index (χ1n) is 8.86. The van der Waals surface area contributed by atoms with Gasteiger partial charge in [-0.2, -0.15) is 15.3 Å². The van der Waals surface area contributed by atoms with E-state index >= 15 is 0 Å². The number of hydrazone groups is 1. The lowest BCUT2D eigenvalue weighted by molar-refractivity contribution is 0.884. The molecule has 4 rings (SSSR count). The van der Waals surface area contributed by atoms with Crippen molar-refractivity contribution in [3.05, 3.63) is 93.5 Å². The van der Waals surface area contributed by atoms with Crippen molar-refractivity contribution in [3.8, 4) is 16.9 Å². The maximum atomic E-state index is 11.5. The van der Waals surface area contributed by atoms with Crippen LogP contribution in [0.1, 0.15) is 11.1 Å². The first-order chi connectivity index (χ1) is 14.1. The third kappa shape index (κ3) is 4.09. The summed E-state index contributed by atoms with van der Waals surface area (Å²) in [4.78, 5) is 11.5. The highest BCUT2D eigenvalue weighted by Crippen LogP contribution is 2.24. The highest BCUT2D eigenvalue weighted by Gasteiger charge is 2.11. The molecule has 144 valence electrons. The normalized spacial score (nSPS) is 11.1. The van der Waals surface area contributed by atoms with Gasteiger partial charge in [0.1, 0.15) is 16.4 Å². The van der Waals surface area contributed by atoms with Crippen molar-refractivity contribution in [1.29, 1.82) is 0 Å². The van der Waals surface area contributed by atoms with Crippen molar-refractivity contribution in [3.63, 3.8) is 0 Å². The lowest BCUT2D eigenvalue weighted by Crippen LogP contribution is -2.10. The molecule has 0 aliphatic heterocycles. The quantitative estimate of drug-likeness (QED) is 0.388. The maximum Gasteiger partial charge on any atom is 0.285 e. The summed E-state index contributed by atoms with van der Waals surface area (Å²) >= 11 is 5.97. The Bertz CT molecular complexity index is 1230. The second kappa shape index (κ2) is 8.12. The Morgan fingerprint density at radius 1 is 1.17 bits per heavy atom. The lowest BCUT2D eigenvalue weighted by Gasteiger charge is -2.02. The minimum Gasteiger partial charge on any atom is -0.275 e. The van der Waals surface area contributed by atoms with Crippen LogP contribution in [-0.4, -0.2) is 26.2 Å². The third-order valence-electron chi connectivity index (χ3n) is 4.24. The predicted molar refractivity (Wildman–Crippen MR) is 115 cm³/mol. The van der Waals surface area contributed by atoms with E-state index in [4.69, 9.17) is 16.7 Å². The Morgan fingerprint density at radius 2 is 2.00 bits per heavy atom. The van der Waals surface area contributed by atoms with Gasteiger partial charge in [-0.1, -0.05) is 53.6 Å². The number of para-hydroxylation sites is 1. The van der Waals surface area contributed by atoms with Crippen LogP contribution in [0.5, 0.6) is 0 Å². The topological polar surface area (TPSA) is 88.0 Å². The second-order valence-corrected chi connectivity index (χ2v) is 6.76. The molecule has 2 N–H and O–H groups in total. The number of aromatic nitrogens is 4. The molecule has 29 heavy (non-hydrogen) atoms. The number of benzene rings is 2. The largest absolute Gasteiger partial charge is 0.285 e. The van der Waals surface area contributed by atoms with Gasteiger partial charge in [-0.05, 0) is 25.1 Å². The fourth-order valence-corrected chi connectivity index (χ4v) is 2.98. The zero-order valence-corrected chi connectivity index (χ0v) is 16.3. The molecule has 0 radical (unpaired) electrons. The molecular weight excluding hydrogens is 388 g/mol. The van der Waals surface area contributed by atoms with E-state index in [9.17, 15) is 4.79 Å². The molecule has 7 nitrogen and oxygen atoms in total. The molecule has 0 fully saturated rings. The van der Waals surface area contributed by atoms with Crippen molar-refractivity contribution in [2.75, 3.05) is 5.43 Å². The smallest absolute Gasteiger partial charge is 0.275 e. The number of anilines is 1. The van der Waals surface area contributed by atoms with Gasteiger partial charge in [-0.15, -0.1) is 0 Å². The van der Waals surface area contributed by atoms with E-state index in [0.29, 0.717) is 5.69 Å². The number of rotatable bonds is 5. The van der Waals surface area contributed by atoms with Crippen LogP contribution in [0, 0.1) is 6.92 Å². The van der Waals surface area contributed by atoms with Gasteiger partial charge in [-0.3, -0.25) is 10.2 Å². The van der Waals surface area contributed by atoms with Crippen LogP contribution >= 0.6 is 11.6 Å². The molecule has 0 aliphatic carbocycles. The second-order valence-electron chi connectivity index (χ2n) is 6.38. The molecule has 0 atom stereocenters. The summed E-state index contributed by atoms with van der Waals surface area (Å²) in [6, 6.07) is 17.9. The molecule has 0 bridgehead atoms. The minimum absolute atomic E-state index is 0.00367. The van der Waals surface area contributed by atoms with E-state index in [1.54, 1.807) is 10.9 Å². The van der Waals surface area contributed by atoms with Crippen molar-refractivity contribution in [2.45, 2.75) is 6.92 Å². The van der Waals surface area contributed by atoms with Crippen molar-refractivity contribution in [2.24, 2.45) is 5.10 Å². The van der Waals surface area contributed by atoms with E-state index in [1.165, 1.54) is 6.20 Å². The van der Waals surface area contributed by atoms with Crippen LogP contribution in [-0.2, 0) is 0 Å². The van der Waals surface area contributed by atoms with Crippen LogP contribution in [0.15, 0.2) is 76.9 Å². The van der Waals surface area contributed by atoms with Crippen LogP contribution in [0.4, 0.5) is 5.69 Å². The molecule has 0 spiro atoms. The predicted octanol–water partition coefficient (Wildman–Crippen LogP) is 4.03. The van der Waals surface area contributed by atoms with Crippen molar-refractivity contribution >= 4 is 23.5 Å². The standard InChI is InChI=1S/C21H17ClN6O/c1-14-6-5-7-15(10-14)20-16(13-28(27-20)17-8-3-2-4-9-17)11-23-25-18-12-24-26-21(29)19(18)22/h2-13H,1H3,(H2,25,26,29)/b23-11-. The monoisotopic (exact) mass is 404 g/mol. The van der Waals surface area contributed by atoms with Gasteiger partial charge >= 0.3 is 0 Å². The van der Waals surface area contributed by atoms with Gasteiger partial charge in [-0.25, -0.2) is 9.78 Å². The van der Waals surface area contributed by atoms with Gasteiger partial charge in [0.05, 0.1) is 18.1 Å². The summed E-state index contributed by atoms with van der Waals surface area (Å²) in [5.41, 5.74) is 7.25. The number of hydrogen-bond donors (Lipinski definition) is 2. The lowest BCUT2D eigenvalue weighted by atomic mass is 10.1. The number of nitrogens with zero attached hydrogens (tertiary/aromatic N) is 4. The average molecular weight is 405 g/mol. The molecule has 4 aromatic rings. The van der Waals surface area contributed by atoms with E-state index in [1.807, 2.05) is 61.7 Å². The van der Waals surface area contributed by atoms with Crippen LogP contribution in [0.3, 0.4) is 0 Å². The van der Waals surface area contributed by atoms with Crippen molar-refractivity contribution < 1.29 is 0 Å². The summed E-state index contributed by atoms with van der Waals surface area (Å²) in [5, 5.41) is 15.0. The molecular formula is C21H17ClN6O. The number of aromatic amines is 1. The maximum absolute atomic E-state index is 11.5. The van der Waals surface area contributed by atoms with Crippen molar-refractivity contribution in [1.82, 2.24) is 20.0 Å². The summed E-state index contributed by atoms with van der Waals surface area (Å²) in [6.45, 7) is 2.04. The molecule has 2 aromatic heterocycles. The van der Waals surface area contributed by atoms with E-state index in [0.717, 1.165) is 28.1 Å². The summed E-state index contributed by atoms with van der Waals surface area (Å²) in [6.07, 6.45) is 4.94. The van der Waals surface area contributed by atoms with Gasteiger partial charge in [0.25, 0.3) is 5.56 Å². The molecule has 0 aliphatic rings. The van der Waals surface area contributed by atoms with Gasteiger partial charge < -0.3 is 0 Å². The van der Waals surface area contributed by atoms with Gasteiger partial charge in [0.2, 0.25) is 0 Å². The fraction of sp³-hybridized carbons (Fsp3) is 0.0476. The van der Waals surface area contributed by atoms with Crippen LogP contribution < -0.4 is 11.0 Å². The highest BCUT2D eigenvalue weighted by molar-refractivity contribution is 6.32. The highest BCUT2D eigenvalue weighted by atomic mass is 35.5. The zero-order chi connectivity index (χ0) is 20.2. The molecule has 0 saturated carbocycles. The summed E-state index contributed by atoms with van der Waals surface area (Å²) in [7, 11) is 0. The SMILES string of the molecule is Cc1cccc(-c2nn(-c3ccccc3)cc2/C=N\Nc2cn[nH]c(=O)c2Cl)c1. The number of aryl methyl sites for hydroxylation is 1. The first-order valence-corrected chi connectivity index (χ1v) is 9.24. The average Bonchev–Trinajstić information content (AvgIpc) is 3.16. The van der Waals surface area contributed by atoms with E-state index < -0.39 is 5.56 Å². The molecule has 0 saturated heterocycles. The van der Waals surface area contributed by atoms with Crippen LogP contribution in [0.2, 0.25) is 5.02 Å². The Hall–Kier alpha value is -3.71.